The second kappa shape index (κ2) is 9.66. The van der Waals surface area contributed by atoms with E-state index in [0.717, 1.165) is 16.5 Å². The van der Waals surface area contributed by atoms with Gasteiger partial charge in [-0.25, -0.2) is 0 Å². The molecule has 1 amide bonds. The van der Waals surface area contributed by atoms with Gasteiger partial charge in [-0.05, 0) is 31.9 Å². The number of nitrogens with zero attached hydrogens (tertiary/aromatic N) is 1. The van der Waals surface area contributed by atoms with E-state index in [1.54, 1.807) is 32.4 Å². The standard InChI is InChI=1S/C29H30N2O4/c1-29(2,3)30-28(33)27(20-14-10-7-11-15-20)31-23-16-21(34-4)17-24(35-5)26(23)22(18-25(31)32)19-12-8-6-9-13-19/h6-18,27H,1-5H3,(H,30,33). The van der Waals surface area contributed by atoms with Crippen molar-refractivity contribution in [2.45, 2.75) is 32.4 Å². The third-order valence-electron chi connectivity index (χ3n) is 5.75. The van der Waals surface area contributed by atoms with Crippen molar-refractivity contribution < 1.29 is 14.3 Å². The van der Waals surface area contributed by atoms with Crippen molar-refractivity contribution in [2.24, 2.45) is 0 Å². The van der Waals surface area contributed by atoms with E-state index >= 15 is 0 Å². The average molecular weight is 471 g/mol. The highest BCUT2D eigenvalue weighted by Gasteiger charge is 2.29. The van der Waals surface area contributed by atoms with Gasteiger partial charge in [-0.1, -0.05) is 60.7 Å². The van der Waals surface area contributed by atoms with Gasteiger partial charge in [-0.3, -0.25) is 14.2 Å². The summed E-state index contributed by atoms with van der Waals surface area (Å²) in [5, 5.41) is 3.78. The Kier molecular flexibility index (Phi) is 6.65. The first-order valence-corrected chi connectivity index (χ1v) is 11.5. The number of rotatable bonds is 6. The van der Waals surface area contributed by atoms with Crippen LogP contribution in [0.3, 0.4) is 0 Å². The highest BCUT2D eigenvalue weighted by atomic mass is 16.5. The first kappa shape index (κ1) is 24.1. The molecule has 4 rings (SSSR count). The number of carbonyl (C=O) groups excluding carboxylic acids is 1. The summed E-state index contributed by atoms with van der Waals surface area (Å²) in [7, 11) is 3.14. The Morgan fingerprint density at radius 1 is 0.886 bits per heavy atom. The van der Waals surface area contributed by atoms with Crippen LogP contribution in [-0.2, 0) is 4.79 Å². The van der Waals surface area contributed by atoms with E-state index in [1.807, 2.05) is 81.4 Å². The zero-order valence-electron chi connectivity index (χ0n) is 20.7. The van der Waals surface area contributed by atoms with E-state index in [1.165, 1.54) is 4.57 Å². The highest BCUT2D eigenvalue weighted by molar-refractivity contribution is 6.01. The van der Waals surface area contributed by atoms with Gasteiger partial charge in [0.2, 0.25) is 5.91 Å². The third-order valence-corrected chi connectivity index (χ3v) is 5.75. The number of pyridine rings is 1. The molecule has 6 heteroatoms. The maximum atomic E-state index is 13.8. The Hall–Kier alpha value is -4.06. The van der Waals surface area contributed by atoms with Crippen molar-refractivity contribution in [1.29, 1.82) is 0 Å². The zero-order chi connectivity index (χ0) is 25.2. The number of benzene rings is 3. The minimum atomic E-state index is -0.896. The SMILES string of the molecule is COc1cc(OC)c2c(-c3ccccc3)cc(=O)n(C(C(=O)NC(C)(C)C)c3ccccc3)c2c1. The van der Waals surface area contributed by atoms with Gasteiger partial charge in [-0.2, -0.15) is 0 Å². The second-order valence-corrected chi connectivity index (χ2v) is 9.41. The van der Waals surface area contributed by atoms with Gasteiger partial charge >= 0.3 is 0 Å². The van der Waals surface area contributed by atoms with E-state index in [0.29, 0.717) is 22.6 Å². The van der Waals surface area contributed by atoms with Crippen LogP contribution in [0.1, 0.15) is 32.4 Å². The molecule has 4 aromatic rings. The number of carbonyl (C=O) groups is 1. The summed E-state index contributed by atoms with van der Waals surface area (Å²) < 4.78 is 12.8. The maximum absolute atomic E-state index is 13.8. The largest absolute Gasteiger partial charge is 0.497 e. The summed E-state index contributed by atoms with van der Waals surface area (Å²) in [6.07, 6.45) is 0. The van der Waals surface area contributed by atoms with Crippen LogP contribution in [0.15, 0.2) is 83.7 Å². The molecule has 0 saturated heterocycles. The molecule has 0 aliphatic carbocycles. The van der Waals surface area contributed by atoms with Gasteiger partial charge < -0.3 is 14.8 Å². The first-order valence-electron chi connectivity index (χ1n) is 11.5. The van der Waals surface area contributed by atoms with E-state index in [4.69, 9.17) is 9.47 Å². The molecule has 1 atom stereocenters. The number of methoxy groups -OCH3 is 2. The summed E-state index contributed by atoms with van der Waals surface area (Å²) >= 11 is 0. The molecule has 0 radical (unpaired) electrons. The van der Waals surface area contributed by atoms with Gasteiger partial charge in [-0.15, -0.1) is 0 Å². The smallest absolute Gasteiger partial charge is 0.252 e. The molecule has 3 aromatic carbocycles. The molecule has 6 nitrogen and oxygen atoms in total. The molecule has 180 valence electrons. The van der Waals surface area contributed by atoms with E-state index in [-0.39, 0.29) is 11.5 Å². The van der Waals surface area contributed by atoms with Crippen LogP contribution in [0.2, 0.25) is 0 Å². The summed E-state index contributed by atoms with van der Waals surface area (Å²) in [4.78, 5) is 27.5. The van der Waals surface area contributed by atoms with Crippen LogP contribution >= 0.6 is 0 Å². The predicted molar refractivity (Wildman–Crippen MR) is 139 cm³/mol. The summed E-state index contributed by atoms with van der Waals surface area (Å²) in [5.74, 6) is 0.798. The van der Waals surface area contributed by atoms with Crippen molar-refractivity contribution in [1.82, 2.24) is 9.88 Å². The Labute approximate surface area is 205 Å². The molecular formula is C29H30N2O4. The molecule has 1 N–H and O–H groups in total. The minimum Gasteiger partial charge on any atom is -0.497 e. The van der Waals surface area contributed by atoms with Gasteiger partial charge in [0.15, 0.2) is 0 Å². The Morgan fingerprint density at radius 2 is 1.51 bits per heavy atom. The van der Waals surface area contributed by atoms with Crippen molar-refractivity contribution >= 4 is 16.8 Å². The lowest BCUT2D eigenvalue weighted by Crippen LogP contribution is -2.46. The summed E-state index contributed by atoms with van der Waals surface area (Å²) in [6.45, 7) is 5.75. The van der Waals surface area contributed by atoms with Crippen LogP contribution in [0.5, 0.6) is 11.5 Å². The van der Waals surface area contributed by atoms with Crippen molar-refractivity contribution in [3.05, 3.63) is 94.8 Å². The monoisotopic (exact) mass is 470 g/mol. The number of fused-ring (bicyclic) bond motifs is 1. The van der Waals surface area contributed by atoms with Crippen LogP contribution in [0.25, 0.3) is 22.0 Å². The average Bonchev–Trinajstić information content (AvgIpc) is 2.84. The van der Waals surface area contributed by atoms with Crippen molar-refractivity contribution in [2.75, 3.05) is 14.2 Å². The maximum Gasteiger partial charge on any atom is 0.252 e. The minimum absolute atomic E-state index is 0.277. The second-order valence-electron chi connectivity index (χ2n) is 9.41. The molecule has 0 fully saturated rings. The lowest BCUT2D eigenvalue weighted by Gasteiger charge is -2.28. The molecule has 35 heavy (non-hydrogen) atoms. The Bertz CT molecular complexity index is 1400. The molecule has 1 unspecified atom stereocenters. The molecule has 0 aliphatic rings. The quantitative estimate of drug-likeness (QED) is 0.421. The number of hydrogen-bond acceptors (Lipinski definition) is 4. The molecule has 0 spiro atoms. The fraction of sp³-hybridized carbons (Fsp3) is 0.241. The van der Waals surface area contributed by atoms with Crippen LogP contribution in [0.4, 0.5) is 0 Å². The van der Waals surface area contributed by atoms with E-state index in [9.17, 15) is 9.59 Å². The highest BCUT2D eigenvalue weighted by Crippen LogP contribution is 2.39. The summed E-state index contributed by atoms with van der Waals surface area (Å²) in [5.41, 5.74) is 2.06. The topological polar surface area (TPSA) is 69.6 Å². The van der Waals surface area contributed by atoms with Crippen LogP contribution < -0.4 is 20.3 Å². The number of nitrogens with one attached hydrogen (secondary N) is 1. The van der Waals surface area contributed by atoms with Crippen LogP contribution in [0, 0.1) is 0 Å². The molecular weight excluding hydrogens is 440 g/mol. The van der Waals surface area contributed by atoms with Crippen LogP contribution in [-0.4, -0.2) is 30.2 Å². The molecule has 1 aromatic heterocycles. The van der Waals surface area contributed by atoms with E-state index in [2.05, 4.69) is 5.32 Å². The third kappa shape index (κ3) is 4.92. The first-order chi connectivity index (χ1) is 16.7. The Morgan fingerprint density at radius 3 is 2.09 bits per heavy atom. The Balaban J connectivity index is 2.12. The van der Waals surface area contributed by atoms with Gasteiger partial charge in [0, 0.05) is 34.7 Å². The molecule has 0 bridgehead atoms. The fourth-order valence-electron chi connectivity index (χ4n) is 4.30. The van der Waals surface area contributed by atoms with Gasteiger partial charge in [0.1, 0.15) is 17.5 Å². The van der Waals surface area contributed by atoms with Gasteiger partial charge in [0.05, 0.1) is 19.7 Å². The summed E-state index contributed by atoms with van der Waals surface area (Å²) in [6, 6.07) is 23.2. The number of hydrogen-bond donors (Lipinski definition) is 1. The number of aromatic nitrogens is 1. The number of ether oxygens (including phenoxy) is 2. The zero-order valence-corrected chi connectivity index (χ0v) is 20.7. The van der Waals surface area contributed by atoms with E-state index < -0.39 is 11.6 Å². The molecule has 0 saturated carbocycles. The molecule has 0 aliphatic heterocycles. The van der Waals surface area contributed by atoms with Crippen molar-refractivity contribution in [3.8, 4) is 22.6 Å². The fourth-order valence-corrected chi connectivity index (χ4v) is 4.30. The predicted octanol–water partition coefficient (Wildman–Crippen LogP) is 5.19. The number of amides is 1. The van der Waals surface area contributed by atoms with Gasteiger partial charge in [0.25, 0.3) is 5.56 Å². The van der Waals surface area contributed by atoms with Crippen molar-refractivity contribution in [3.63, 3.8) is 0 Å². The lowest BCUT2D eigenvalue weighted by atomic mass is 9.97. The lowest BCUT2D eigenvalue weighted by molar-refractivity contribution is -0.124. The molecule has 1 heterocycles. The normalized spacial score (nSPS) is 12.3.